The normalized spacial score (nSPS) is 15.4. The van der Waals surface area contributed by atoms with Crippen molar-refractivity contribution in [2.75, 3.05) is 33.5 Å². The SMILES string of the molecule is CCOc1ccc([C@H]2c3c(oc4ccccc4c3=O)C(=O)N2CCOC)cc1OCC. The van der Waals surface area contributed by atoms with E-state index in [-0.39, 0.29) is 17.1 Å². The van der Waals surface area contributed by atoms with Gasteiger partial charge in [-0.1, -0.05) is 18.2 Å². The van der Waals surface area contributed by atoms with Crippen LogP contribution in [0.3, 0.4) is 0 Å². The van der Waals surface area contributed by atoms with E-state index in [0.29, 0.717) is 54.4 Å². The molecule has 0 saturated carbocycles. The van der Waals surface area contributed by atoms with Crippen molar-refractivity contribution < 1.29 is 23.4 Å². The molecule has 0 aliphatic carbocycles. The maximum absolute atomic E-state index is 13.4. The summed E-state index contributed by atoms with van der Waals surface area (Å²) < 4.78 is 22.6. The van der Waals surface area contributed by atoms with Crippen LogP contribution < -0.4 is 14.9 Å². The summed E-state index contributed by atoms with van der Waals surface area (Å²) in [4.78, 5) is 28.3. The molecule has 7 heteroatoms. The van der Waals surface area contributed by atoms with Gasteiger partial charge in [-0.2, -0.15) is 0 Å². The number of hydrogen-bond donors (Lipinski definition) is 0. The molecule has 0 unspecified atom stereocenters. The zero-order chi connectivity index (χ0) is 22.0. The van der Waals surface area contributed by atoms with Gasteiger partial charge >= 0.3 is 0 Å². The van der Waals surface area contributed by atoms with Crippen LogP contribution in [0.25, 0.3) is 11.0 Å². The van der Waals surface area contributed by atoms with Gasteiger partial charge in [-0.3, -0.25) is 9.59 Å². The minimum atomic E-state index is -0.603. The van der Waals surface area contributed by atoms with Crippen molar-refractivity contribution in [1.82, 2.24) is 4.90 Å². The van der Waals surface area contributed by atoms with Crippen LogP contribution in [0, 0.1) is 0 Å². The second-order valence-electron chi connectivity index (χ2n) is 7.14. The quantitative estimate of drug-likeness (QED) is 0.549. The monoisotopic (exact) mass is 423 g/mol. The Morgan fingerprint density at radius 3 is 2.48 bits per heavy atom. The summed E-state index contributed by atoms with van der Waals surface area (Å²) in [6.45, 7) is 5.40. The van der Waals surface area contributed by atoms with Crippen molar-refractivity contribution in [1.29, 1.82) is 0 Å². The molecule has 162 valence electrons. The van der Waals surface area contributed by atoms with E-state index in [0.717, 1.165) is 5.56 Å². The number of hydrogen-bond acceptors (Lipinski definition) is 6. The van der Waals surface area contributed by atoms with Gasteiger partial charge < -0.3 is 23.5 Å². The van der Waals surface area contributed by atoms with Crippen molar-refractivity contribution in [3.05, 3.63) is 69.6 Å². The van der Waals surface area contributed by atoms with E-state index in [9.17, 15) is 9.59 Å². The summed E-state index contributed by atoms with van der Waals surface area (Å²) in [6, 6.07) is 11.9. The summed E-state index contributed by atoms with van der Waals surface area (Å²) >= 11 is 0. The van der Waals surface area contributed by atoms with Crippen molar-refractivity contribution in [3.8, 4) is 11.5 Å². The highest BCUT2D eigenvalue weighted by molar-refractivity contribution is 5.99. The van der Waals surface area contributed by atoms with E-state index in [2.05, 4.69) is 0 Å². The molecule has 2 aromatic carbocycles. The lowest BCUT2D eigenvalue weighted by atomic mass is 9.98. The zero-order valence-electron chi connectivity index (χ0n) is 17.8. The summed E-state index contributed by atoms with van der Waals surface area (Å²) in [5.41, 5.74) is 1.28. The average molecular weight is 423 g/mol. The first-order valence-corrected chi connectivity index (χ1v) is 10.4. The molecule has 31 heavy (non-hydrogen) atoms. The van der Waals surface area contributed by atoms with Gasteiger partial charge in [0.2, 0.25) is 5.76 Å². The van der Waals surface area contributed by atoms with E-state index in [1.54, 1.807) is 36.3 Å². The number of benzene rings is 2. The molecule has 0 spiro atoms. The minimum Gasteiger partial charge on any atom is -0.490 e. The zero-order valence-corrected chi connectivity index (χ0v) is 17.8. The van der Waals surface area contributed by atoms with E-state index in [1.807, 2.05) is 32.0 Å². The fraction of sp³-hybridized carbons (Fsp3) is 0.333. The summed E-state index contributed by atoms with van der Waals surface area (Å²) in [5.74, 6) is 0.939. The Kier molecular flexibility index (Phi) is 5.95. The van der Waals surface area contributed by atoms with Gasteiger partial charge in [0.25, 0.3) is 5.91 Å². The number of fused-ring (bicyclic) bond motifs is 2. The topological polar surface area (TPSA) is 78.2 Å². The van der Waals surface area contributed by atoms with E-state index in [4.69, 9.17) is 18.6 Å². The number of rotatable bonds is 8. The number of methoxy groups -OCH3 is 1. The average Bonchev–Trinajstić information content (AvgIpc) is 3.06. The Balaban J connectivity index is 1.91. The van der Waals surface area contributed by atoms with Crippen molar-refractivity contribution in [2.45, 2.75) is 19.9 Å². The number of carbonyl (C=O) groups excluding carboxylic acids is 1. The Morgan fingerprint density at radius 2 is 1.74 bits per heavy atom. The van der Waals surface area contributed by atoms with Crippen LogP contribution in [-0.2, 0) is 4.74 Å². The van der Waals surface area contributed by atoms with E-state index < -0.39 is 6.04 Å². The van der Waals surface area contributed by atoms with Crippen LogP contribution in [0.5, 0.6) is 11.5 Å². The largest absolute Gasteiger partial charge is 0.490 e. The predicted octanol–water partition coefficient (Wildman–Crippen LogP) is 3.78. The molecule has 0 radical (unpaired) electrons. The first kappa shape index (κ1) is 20.9. The first-order valence-electron chi connectivity index (χ1n) is 10.4. The minimum absolute atomic E-state index is 0.0802. The number of para-hydroxylation sites is 1. The van der Waals surface area contributed by atoms with Gasteiger partial charge in [0.05, 0.1) is 36.8 Å². The van der Waals surface area contributed by atoms with Crippen molar-refractivity contribution in [2.24, 2.45) is 0 Å². The third-order valence-corrected chi connectivity index (χ3v) is 5.29. The number of ether oxygens (including phenoxy) is 3. The molecular weight excluding hydrogens is 398 g/mol. The second kappa shape index (κ2) is 8.81. The molecule has 3 aromatic rings. The smallest absolute Gasteiger partial charge is 0.290 e. The lowest BCUT2D eigenvalue weighted by Crippen LogP contribution is -2.32. The Morgan fingerprint density at radius 1 is 1.00 bits per heavy atom. The van der Waals surface area contributed by atoms with Crippen LogP contribution in [0.1, 0.15) is 41.6 Å². The molecule has 4 rings (SSSR count). The highest BCUT2D eigenvalue weighted by Crippen LogP contribution is 2.40. The molecule has 1 aliphatic rings. The molecule has 0 saturated heterocycles. The third-order valence-electron chi connectivity index (χ3n) is 5.29. The number of nitrogens with zero attached hydrogens (tertiary/aromatic N) is 1. The van der Waals surface area contributed by atoms with Crippen molar-refractivity contribution >= 4 is 16.9 Å². The maximum atomic E-state index is 13.4. The predicted molar refractivity (Wildman–Crippen MR) is 116 cm³/mol. The van der Waals surface area contributed by atoms with Gasteiger partial charge in [-0.25, -0.2) is 0 Å². The molecular formula is C24H25NO6. The second-order valence-corrected chi connectivity index (χ2v) is 7.14. The van der Waals surface area contributed by atoms with E-state index in [1.165, 1.54) is 0 Å². The standard InChI is InChI=1S/C24H25NO6/c1-4-29-18-11-10-15(14-19(18)30-5-2)21-20-22(26)16-8-6-7-9-17(16)31-23(20)24(27)25(21)12-13-28-3/h6-11,14,21H,4-5,12-13H2,1-3H3/t21-/m0/s1. The molecule has 1 aromatic heterocycles. The van der Waals surface area contributed by atoms with Crippen LogP contribution in [0.2, 0.25) is 0 Å². The van der Waals surface area contributed by atoms with Gasteiger partial charge in [0, 0.05) is 13.7 Å². The number of amides is 1. The molecule has 2 heterocycles. The highest BCUT2D eigenvalue weighted by Gasteiger charge is 2.42. The lowest BCUT2D eigenvalue weighted by Gasteiger charge is -2.25. The molecule has 0 fully saturated rings. The van der Waals surface area contributed by atoms with Crippen LogP contribution in [0.4, 0.5) is 0 Å². The lowest BCUT2D eigenvalue weighted by molar-refractivity contribution is 0.0663. The third kappa shape index (κ3) is 3.65. The summed E-state index contributed by atoms with van der Waals surface area (Å²) in [6.07, 6.45) is 0. The van der Waals surface area contributed by atoms with Gasteiger partial charge in [0.15, 0.2) is 16.9 Å². The van der Waals surface area contributed by atoms with Crippen molar-refractivity contribution in [3.63, 3.8) is 0 Å². The molecule has 0 N–H and O–H groups in total. The van der Waals surface area contributed by atoms with Crippen LogP contribution in [-0.4, -0.2) is 44.3 Å². The van der Waals surface area contributed by atoms with Crippen LogP contribution >= 0.6 is 0 Å². The Bertz CT molecular complexity index is 1170. The number of carbonyl (C=O) groups is 1. The van der Waals surface area contributed by atoms with Gasteiger partial charge in [-0.15, -0.1) is 0 Å². The molecule has 1 amide bonds. The molecule has 0 bridgehead atoms. The Labute approximate surface area is 180 Å². The highest BCUT2D eigenvalue weighted by atomic mass is 16.5. The molecule has 1 aliphatic heterocycles. The maximum Gasteiger partial charge on any atom is 0.290 e. The van der Waals surface area contributed by atoms with E-state index >= 15 is 0 Å². The van der Waals surface area contributed by atoms with Gasteiger partial charge in [0.1, 0.15) is 5.58 Å². The Hall–Kier alpha value is -3.32. The fourth-order valence-electron chi connectivity index (χ4n) is 3.97. The fourth-order valence-corrected chi connectivity index (χ4v) is 3.97. The van der Waals surface area contributed by atoms with Crippen LogP contribution in [0.15, 0.2) is 51.7 Å². The summed E-state index contributed by atoms with van der Waals surface area (Å²) in [7, 11) is 1.57. The molecule has 7 nitrogen and oxygen atoms in total. The summed E-state index contributed by atoms with van der Waals surface area (Å²) in [5, 5.41) is 0.448. The first-order chi connectivity index (χ1) is 15.1. The van der Waals surface area contributed by atoms with Gasteiger partial charge in [-0.05, 0) is 43.7 Å². The molecule has 1 atom stereocenters.